The van der Waals surface area contributed by atoms with E-state index in [0.29, 0.717) is 0 Å². The van der Waals surface area contributed by atoms with E-state index in [1.165, 1.54) is 10.5 Å². The van der Waals surface area contributed by atoms with Crippen molar-refractivity contribution < 1.29 is 0 Å². The van der Waals surface area contributed by atoms with Crippen molar-refractivity contribution in [3.8, 4) is 0 Å². The maximum absolute atomic E-state index is 6.15. The molecule has 0 amide bonds. The maximum atomic E-state index is 6.15. The molecule has 0 saturated heterocycles. The maximum Gasteiger partial charge on any atom is 0.0648 e. The third-order valence-corrected chi connectivity index (χ3v) is 4.12. The van der Waals surface area contributed by atoms with Gasteiger partial charge in [-0.1, -0.05) is 39.7 Å². The highest BCUT2D eigenvalue weighted by molar-refractivity contribution is 9.10. The van der Waals surface area contributed by atoms with Crippen LogP contribution in [-0.2, 0) is 6.54 Å². The summed E-state index contributed by atoms with van der Waals surface area (Å²) in [5.74, 6) is 0. The van der Waals surface area contributed by atoms with Crippen LogP contribution in [0.4, 0.5) is 5.69 Å². The predicted octanol–water partition coefficient (Wildman–Crippen LogP) is 5.44. The highest BCUT2D eigenvalue weighted by Gasteiger charge is 2.00. The van der Waals surface area contributed by atoms with Crippen molar-refractivity contribution in [2.75, 3.05) is 11.6 Å². The quantitative estimate of drug-likeness (QED) is 0.743. The lowest BCUT2D eigenvalue weighted by Crippen LogP contribution is -1.99. The SMILES string of the molecule is CSc1ccc(CNc2ccc(Br)cc2Cl)cc1. The minimum atomic E-state index is 0.727. The van der Waals surface area contributed by atoms with Crippen LogP contribution in [0, 0.1) is 0 Å². The zero-order valence-electron chi connectivity index (χ0n) is 9.91. The first-order valence-corrected chi connectivity index (χ1v) is 7.90. The Morgan fingerprint density at radius 3 is 2.50 bits per heavy atom. The van der Waals surface area contributed by atoms with Crippen LogP contribution >= 0.6 is 39.3 Å². The summed E-state index contributed by atoms with van der Waals surface area (Å²) >= 11 is 11.3. The van der Waals surface area contributed by atoms with Crippen LogP contribution in [0.1, 0.15) is 5.56 Å². The number of anilines is 1. The molecule has 18 heavy (non-hydrogen) atoms. The third-order valence-electron chi connectivity index (χ3n) is 2.57. The van der Waals surface area contributed by atoms with Gasteiger partial charge in [0.25, 0.3) is 0 Å². The van der Waals surface area contributed by atoms with Crippen LogP contribution in [0.25, 0.3) is 0 Å². The summed E-state index contributed by atoms with van der Waals surface area (Å²) in [6.45, 7) is 0.774. The first-order chi connectivity index (χ1) is 8.69. The topological polar surface area (TPSA) is 12.0 Å². The minimum absolute atomic E-state index is 0.727. The Labute approximate surface area is 125 Å². The molecule has 0 unspecified atom stereocenters. The van der Waals surface area contributed by atoms with Crippen molar-refractivity contribution >= 4 is 45.0 Å². The van der Waals surface area contributed by atoms with E-state index in [-0.39, 0.29) is 0 Å². The normalized spacial score (nSPS) is 10.4. The summed E-state index contributed by atoms with van der Waals surface area (Å²) in [6.07, 6.45) is 2.08. The number of benzene rings is 2. The summed E-state index contributed by atoms with van der Waals surface area (Å²) in [7, 11) is 0. The molecular formula is C14H13BrClNS. The number of hydrogen-bond donors (Lipinski definition) is 1. The van der Waals surface area contributed by atoms with Crippen LogP contribution in [0.3, 0.4) is 0 Å². The Morgan fingerprint density at radius 1 is 1.17 bits per heavy atom. The van der Waals surface area contributed by atoms with E-state index in [0.717, 1.165) is 21.7 Å². The largest absolute Gasteiger partial charge is 0.380 e. The molecule has 94 valence electrons. The van der Waals surface area contributed by atoms with E-state index >= 15 is 0 Å². The molecule has 2 aromatic carbocycles. The number of thioether (sulfide) groups is 1. The average Bonchev–Trinajstić information content (AvgIpc) is 2.38. The zero-order chi connectivity index (χ0) is 13.0. The number of nitrogens with one attached hydrogen (secondary N) is 1. The van der Waals surface area contributed by atoms with Crippen LogP contribution in [0.2, 0.25) is 5.02 Å². The molecule has 0 heterocycles. The van der Waals surface area contributed by atoms with Gasteiger partial charge in [-0.15, -0.1) is 11.8 Å². The van der Waals surface area contributed by atoms with Crippen LogP contribution in [-0.4, -0.2) is 6.26 Å². The van der Waals surface area contributed by atoms with Gasteiger partial charge in [0.2, 0.25) is 0 Å². The Balaban J connectivity index is 2.02. The number of hydrogen-bond acceptors (Lipinski definition) is 2. The Kier molecular flexibility index (Phi) is 4.98. The fourth-order valence-electron chi connectivity index (χ4n) is 1.57. The van der Waals surface area contributed by atoms with Crippen LogP contribution in [0.15, 0.2) is 51.8 Å². The van der Waals surface area contributed by atoms with Gasteiger partial charge in [0.15, 0.2) is 0 Å². The Hall–Kier alpha value is -0.640. The van der Waals surface area contributed by atoms with Crippen molar-refractivity contribution in [1.82, 2.24) is 0 Å². The Bertz CT molecular complexity index is 528. The van der Waals surface area contributed by atoms with E-state index < -0.39 is 0 Å². The van der Waals surface area contributed by atoms with Gasteiger partial charge < -0.3 is 5.32 Å². The van der Waals surface area contributed by atoms with Gasteiger partial charge in [-0.3, -0.25) is 0 Å². The lowest BCUT2D eigenvalue weighted by molar-refractivity contribution is 1.14. The monoisotopic (exact) mass is 341 g/mol. The van der Waals surface area contributed by atoms with Crippen molar-refractivity contribution in [2.45, 2.75) is 11.4 Å². The summed E-state index contributed by atoms with van der Waals surface area (Å²) in [5.41, 5.74) is 2.19. The fourth-order valence-corrected chi connectivity index (χ4v) is 2.72. The van der Waals surface area contributed by atoms with Crippen molar-refractivity contribution in [2.24, 2.45) is 0 Å². The van der Waals surface area contributed by atoms with Gasteiger partial charge in [0.1, 0.15) is 0 Å². The highest BCUT2D eigenvalue weighted by Crippen LogP contribution is 2.26. The molecule has 0 atom stereocenters. The first kappa shape index (κ1) is 13.8. The van der Waals surface area contributed by atoms with Crippen molar-refractivity contribution in [3.63, 3.8) is 0 Å². The summed E-state index contributed by atoms with van der Waals surface area (Å²) in [6, 6.07) is 14.4. The molecule has 0 aliphatic heterocycles. The van der Waals surface area contributed by atoms with Gasteiger partial charge in [0.05, 0.1) is 10.7 Å². The molecule has 1 nitrogen and oxygen atoms in total. The lowest BCUT2D eigenvalue weighted by atomic mass is 10.2. The number of halogens is 2. The molecule has 2 aromatic rings. The fraction of sp³-hybridized carbons (Fsp3) is 0.143. The van der Waals surface area contributed by atoms with E-state index in [9.17, 15) is 0 Å². The highest BCUT2D eigenvalue weighted by atomic mass is 79.9. The lowest BCUT2D eigenvalue weighted by Gasteiger charge is -2.09. The van der Waals surface area contributed by atoms with Gasteiger partial charge in [-0.05, 0) is 42.2 Å². The minimum Gasteiger partial charge on any atom is -0.380 e. The van der Waals surface area contributed by atoms with Crippen molar-refractivity contribution in [1.29, 1.82) is 0 Å². The van der Waals surface area contributed by atoms with E-state index in [1.54, 1.807) is 11.8 Å². The summed E-state index contributed by atoms with van der Waals surface area (Å²) < 4.78 is 0.988. The smallest absolute Gasteiger partial charge is 0.0648 e. The molecule has 0 radical (unpaired) electrons. The molecule has 0 aliphatic rings. The molecule has 0 aliphatic carbocycles. The van der Waals surface area contributed by atoms with Crippen LogP contribution < -0.4 is 5.32 Å². The van der Waals surface area contributed by atoms with Crippen LogP contribution in [0.5, 0.6) is 0 Å². The molecule has 2 rings (SSSR count). The third kappa shape index (κ3) is 3.67. The molecule has 4 heteroatoms. The first-order valence-electron chi connectivity index (χ1n) is 5.51. The molecule has 0 saturated carbocycles. The molecule has 0 aromatic heterocycles. The summed E-state index contributed by atoms with van der Waals surface area (Å²) in [5, 5.41) is 4.06. The second-order valence-electron chi connectivity index (χ2n) is 3.83. The molecule has 0 bridgehead atoms. The van der Waals surface area contributed by atoms with E-state index in [2.05, 4.69) is 51.8 Å². The van der Waals surface area contributed by atoms with Crippen molar-refractivity contribution in [3.05, 3.63) is 57.5 Å². The molecular weight excluding hydrogens is 330 g/mol. The average molecular weight is 343 g/mol. The van der Waals surface area contributed by atoms with Gasteiger partial charge in [-0.25, -0.2) is 0 Å². The predicted molar refractivity (Wildman–Crippen MR) is 84.7 cm³/mol. The standard InChI is InChI=1S/C14H13BrClNS/c1-18-12-5-2-10(3-6-12)9-17-14-7-4-11(15)8-13(14)16/h2-8,17H,9H2,1H3. The second-order valence-corrected chi connectivity index (χ2v) is 6.03. The van der Waals surface area contributed by atoms with Gasteiger partial charge >= 0.3 is 0 Å². The molecule has 0 fully saturated rings. The van der Waals surface area contributed by atoms with E-state index in [1.807, 2.05) is 18.2 Å². The zero-order valence-corrected chi connectivity index (χ0v) is 13.1. The summed E-state index contributed by atoms with van der Waals surface area (Å²) in [4.78, 5) is 1.28. The van der Waals surface area contributed by atoms with Gasteiger partial charge in [0, 0.05) is 15.9 Å². The Morgan fingerprint density at radius 2 is 1.89 bits per heavy atom. The van der Waals surface area contributed by atoms with E-state index in [4.69, 9.17) is 11.6 Å². The molecule has 1 N–H and O–H groups in total. The van der Waals surface area contributed by atoms with Gasteiger partial charge in [-0.2, -0.15) is 0 Å². The second kappa shape index (κ2) is 6.50. The molecule has 0 spiro atoms. The number of rotatable bonds is 4.